The number of hydrogen-bond acceptors (Lipinski definition) is 3. The molecule has 5 nitrogen and oxygen atoms in total. The van der Waals surface area contributed by atoms with Crippen molar-refractivity contribution < 1.29 is 14.3 Å². The second-order valence-electron chi connectivity index (χ2n) is 7.36. The largest absolute Gasteiger partial charge is 0.367 e. The minimum Gasteiger partial charge on any atom is -0.367 e. The maximum absolute atomic E-state index is 12.3. The smallest absolute Gasteiger partial charge is 0.247 e. The zero-order valence-corrected chi connectivity index (χ0v) is 14.8. The summed E-state index contributed by atoms with van der Waals surface area (Å²) in [5.41, 5.74) is 0.959. The summed E-state index contributed by atoms with van der Waals surface area (Å²) >= 11 is 0. The van der Waals surface area contributed by atoms with Crippen molar-refractivity contribution in [3.8, 4) is 0 Å². The monoisotopic (exact) mass is 330 g/mol. The fourth-order valence-electron chi connectivity index (χ4n) is 3.12. The molecule has 2 N–H and O–H groups in total. The van der Waals surface area contributed by atoms with Crippen LogP contribution in [0.15, 0.2) is 36.9 Å². The summed E-state index contributed by atoms with van der Waals surface area (Å²) in [4.78, 5) is 23.6. The van der Waals surface area contributed by atoms with E-state index in [1.807, 2.05) is 39.8 Å². The first-order chi connectivity index (χ1) is 11.1. The first-order valence-corrected chi connectivity index (χ1v) is 8.13. The molecule has 0 aliphatic carbocycles. The minimum atomic E-state index is -0.377. The van der Waals surface area contributed by atoms with Gasteiger partial charge in [-0.2, -0.15) is 0 Å². The van der Waals surface area contributed by atoms with Crippen molar-refractivity contribution in [3.05, 3.63) is 42.5 Å². The zero-order valence-electron chi connectivity index (χ0n) is 14.8. The Bertz CT molecular complexity index is 633. The third kappa shape index (κ3) is 4.68. The molecule has 2 rings (SSSR count). The number of carbonyl (C=O) groups excluding carboxylic acids is 2. The molecule has 1 unspecified atom stereocenters. The first-order valence-electron chi connectivity index (χ1n) is 8.13. The van der Waals surface area contributed by atoms with Gasteiger partial charge in [0, 0.05) is 5.69 Å². The number of nitrogens with one attached hydrogen (secondary N) is 2. The molecule has 0 aromatic heterocycles. The molecule has 130 valence electrons. The van der Waals surface area contributed by atoms with Crippen LogP contribution in [0.2, 0.25) is 0 Å². The predicted octanol–water partition coefficient (Wildman–Crippen LogP) is 2.82. The van der Waals surface area contributed by atoms with Gasteiger partial charge in [0.2, 0.25) is 11.8 Å². The molecule has 2 amide bonds. The Balaban J connectivity index is 1.93. The van der Waals surface area contributed by atoms with Gasteiger partial charge in [0.1, 0.15) is 0 Å². The van der Waals surface area contributed by atoms with E-state index in [0.29, 0.717) is 12.1 Å². The van der Waals surface area contributed by atoms with Crippen LogP contribution in [-0.2, 0) is 20.7 Å². The van der Waals surface area contributed by atoms with E-state index in [0.717, 1.165) is 12.0 Å². The minimum absolute atomic E-state index is 0.00819. The van der Waals surface area contributed by atoms with Gasteiger partial charge >= 0.3 is 0 Å². The van der Waals surface area contributed by atoms with Gasteiger partial charge in [0.05, 0.1) is 23.7 Å². The molecule has 0 bridgehead atoms. The van der Waals surface area contributed by atoms with E-state index in [1.165, 1.54) is 6.08 Å². The van der Waals surface area contributed by atoms with Gasteiger partial charge < -0.3 is 15.4 Å². The zero-order chi connectivity index (χ0) is 18.0. The highest BCUT2D eigenvalue weighted by Crippen LogP contribution is 2.37. The number of amides is 2. The molecule has 1 atom stereocenters. The topological polar surface area (TPSA) is 67.4 Å². The summed E-state index contributed by atoms with van der Waals surface area (Å²) in [5, 5.41) is 5.76. The van der Waals surface area contributed by atoms with Gasteiger partial charge in [-0.25, -0.2) is 0 Å². The number of hydrogen-bond donors (Lipinski definition) is 2. The quantitative estimate of drug-likeness (QED) is 0.816. The maximum atomic E-state index is 12.3. The summed E-state index contributed by atoms with van der Waals surface area (Å²) in [6.45, 7) is 11.5. The molecule has 1 aliphatic heterocycles. The molecule has 0 spiro atoms. The van der Waals surface area contributed by atoms with Crippen LogP contribution in [0.1, 0.15) is 39.7 Å². The van der Waals surface area contributed by atoms with E-state index in [4.69, 9.17) is 4.74 Å². The van der Waals surface area contributed by atoms with Crippen molar-refractivity contribution in [2.75, 3.05) is 5.32 Å². The Morgan fingerprint density at radius 3 is 2.38 bits per heavy atom. The van der Waals surface area contributed by atoms with Gasteiger partial charge in [-0.3, -0.25) is 9.59 Å². The van der Waals surface area contributed by atoms with Crippen LogP contribution in [0.25, 0.3) is 0 Å². The van der Waals surface area contributed by atoms with Crippen LogP contribution in [0, 0.1) is 0 Å². The third-order valence-electron chi connectivity index (χ3n) is 4.18. The van der Waals surface area contributed by atoms with Crippen LogP contribution in [-0.4, -0.2) is 29.1 Å². The lowest BCUT2D eigenvalue weighted by molar-refractivity contribution is -0.123. The lowest BCUT2D eigenvalue weighted by Crippen LogP contribution is -2.46. The van der Waals surface area contributed by atoms with E-state index in [9.17, 15) is 9.59 Å². The van der Waals surface area contributed by atoms with E-state index in [1.54, 1.807) is 12.1 Å². The van der Waals surface area contributed by atoms with Crippen LogP contribution >= 0.6 is 0 Å². The summed E-state index contributed by atoms with van der Waals surface area (Å²) in [6.07, 6.45) is 2.30. The molecule has 1 heterocycles. The van der Waals surface area contributed by atoms with Crippen LogP contribution in [0.4, 0.5) is 5.69 Å². The van der Waals surface area contributed by atoms with Gasteiger partial charge in [0.15, 0.2) is 0 Å². The number of carbonyl (C=O) groups is 2. The normalized spacial score (nSPS) is 21.1. The van der Waals surface area contributed by atoms with Crippen LogP contribution in [0.5, 0.6) is 0 Å². The highest BCUT2D eigenvalue weighted by atomic mass is 16.5. The highest BCUT2D eigenvalue weighted by molar-refractivity contribution is 5.98. The fraction of sp³-hybridized carbons (Fsp3) is 0.474. The fourth-order valence-corrected chi connectivity index (χ4v) is 3.12. The number of benzene rings is 1. The molecule has 1 aromatic carbocycles. The molecule has 0 saturated carbocycles. The van der Waals surface area contributed by atoms with E-state index >= 15 is 0 Å². The van der Waals surface area contributed by atoms with E-state index in [-0.39, 0.29) is 29.1 Å². The van der Waals surface area contributed by atoms with Gasteiger partial charge in [-0.05, 0) is 57.9 Å². The Morgan fingerprint density at radius 1 is 1.25 bits per heavy atom. The number of ether oxygens (including phenoxy) is 1. The Morgan fingerprint density at radius 2 is 1.88 bits per heavy atom. The van der Waals surface area contributed by atoms with Crippen molar-refractivity contribution in [2.24, 2.45) is 0 Å². The van der Waals surface area contributed by atoms with Crippen LogP contribution < -0.4 is 10.6 Å². The van der Waals surface area contributed by atoms with Crippen molar-refractivity contribution in [2.45, 2.75) is 57.8 Å². The van der Waals surface area contributed by atoms with Crippen molar-refractivity contribution in [1.82, 2.24) is 5.32 Å². The Kier molecular flexibility index (Phi) is 5.13. The maximum Gasteiger partial charge on any atom is 0.247 e. The average molecular weight is 330 g/mol. The summed E-state index contributed by atoms with van der Waals surface area (Å²) < 4.78 is 6.00. The van der Waals surface area contributed by atoms with Crippen molar-refractivity contribution >= 4 is 17.5 Å². The van der Waals surface area contributed by atoms with Gasteiger partial charge in [-0.15, -0.1) is 0 Å². The third-order valence-corrected chi connectivity index (χ3v) is 4.18. The predicted molar refractivity (Wildman–Crippen MR) is 94.8 cm³/mol. The van der Waals surface area contributed by atoms with Crippen molar-refractivity contribution in [1.29, 1.82) is 0 Å². The summed E-state index contributed by atoms with van der Waals surface area (Å²) in [7, 11) is 0. The first kappa shape index (κ1) is 18.2. The van der Waals surface area contributed by atoms with Gasteiger partial charge in [0.25, 0.3) is 0 Å². The summed E-state index contributed by atoms with van der Waals surface area (Å²) in [5.74, 6) is -0.288. The summed E-state index contributed by atoms with van der Waals surface area (Å²) in [6, 6.07) is 7.20. The molecule has 5 heteroatoms. The molecule has 24 heavy (non-hydrogen) atoms. The second kappa shape index (κ2) is 6.77. The SMILES string of the molecule is C=CC(=O)Nc1ccc(CC(=O)NC2CC(C)(C)OC2(C)C)cc1. The number of anilines is 1. The van der Waals surface area contributed by atoms with Crippen LogP contribution in [0.3, 0.4) is 0 Å². The average Bonchev–Trinajstić information content (AvgIpc) is 2.68. The molecule has 0 radical (unpaired) electrons. The lowest BCUT2D eigenvalue weighted by Gasteiger charge is -2.27. The van der Waals surface area contributed by atoms with E-state index < -0.39 is 0 Å². The lowest BCUT2D eigenvalue weighted by atomic mass is 9.94. The highest BCUT2D eigenvalue weighted by Gasteiger charge is 2.46. The molecule has 1 saturated heterocycles. The molecule has 1 aromatic rings. The number of rotatable bonds is 5. The molecular weight excluding hydrogens is 304 g/mol. The standard InChI is InChI=1S/C19H26N2O3/c1-6-16(22)20-14-9-7-13(8-10-14)11-17(23)21-15-12-18(2,3)24-19(15,4)5/h6-10,15H,1,11-12H2,2-5H3,(H,20,22)(H,21,23). The van der Waals surface area contributed by atoms with Crippen molar-refractivity contribution in [3.63, 3.8) is 0 Å². The van der Waals surface area contributed by atoms with Gasteiger partial charge in [-0.1, -0.05) is 18.7 Å². The Hall–Kier alpha value is -2.14. The van der Waals surface area contributed by atoms with E-state index in [2.05, 4.69) is 17.2 Å². The Labute approximate surface area is 143 Å². The molecule has 1 aliphatic rings. The second-order valence-corrected chi connectivity index (χ2v) is 7.36. The molecule has 1 fully saturated rings. The molecular formula is C19H26N2O3.